The van der Waals surface area contributed by atoms with Gasteiger partial charge in [0.25, 0.3) is 0 Å². The summed E-state index contributed by atoms with van der Waals surface area (Å²) < 4.78 is 5.13. The fourth-order valence-electron chi connectivity index (χ4n) is 1.25. The lowest BCUT2D eigenvalue weighted by Gasteiger charge is -2.17. The van der Waals surface area contributed by atoms with Gasteiger partial charge in [-0.05, 0) is 12.8 Å². The van der Waals surface area contributed by atoms with Crippen LogP contribution in [0.15, 0.2) is 0 Å². The van der Waals surface area contributed by atoms with Gasteiger partial charge in [0.15, 0.2) is 5.44 Å². The molecule has 1 unspecified atom stereocenters. The van der Waals surface area contributed by atoms with Gasteiger partial charge in [-0.25, -0.2) is 0 Å². The van der Waals surface area contributed by atoms with Crippen molar-refractivity contribution in [2.24, 2.45) is 5.92 Å². The molecule has 0 saturated carbocycles. The molecule has 3 heteroatoms. The summed E-state index contributed by atoms with van der Waals surface area (Å²) in [6.45, 7) is 4.28. The molecule has 2 nitrogen and oxygen atoms in total. The van der Waals surface area contributed by atoms with Gasteiger partial charge in [-0.15, -0.1) is 11.8 Å². The highest BCUT2D eigenvalue weighted by molar-refractivity contribution is 8.00. The molecule has 0 aromatic carbocycles. The lowest BCUT2D eigenvalue weighted by atomic mass is 10.1. The number of hydrogen-bond acceptors (Lipinski definition) is 3. The maximum atomic E-state index is 10.7. The van der Waals surface area contributed by atoms with E-state index in [2.05, 4.69) is 13.8 Å². The molecule has 1 heterocycles. The van der Waals surface area contributed by atoms with Gasteiger partial charge < -0.3 is 4.74 Å². The first-order chi connectivity index (χ1) is 5.27. The average Bonchev–Trinajstić information content (AvgIpc) is 2.39. The van der Waals surface area contributed by atoms with Crippen LogP contribution in [-0.2, 0) is 9.53 Å². The van der Waals surface area contributed by atoms with E-state index in [0.29, 0.717) is 11.7 Å². The van der Waals surface area contributed by atoms with Crippen molar-refractivity contribution >= 4 is 17.7 Å². The van der Waals surface area contributed by atoms with Crippen LogP contribution in [0, 0.1) is 5.92 Å². The Morgan fingerprint density at radius 3 is 2.64 bits per heavy atom. The van der Waals surface area contributed by atoms with Crippen LogP contribution in [0.2, 0.25) is 0 Å². The van der Waals surface area contributed by atoms with Crippen LogP contribution >= 0.6 is 11.8 Å². The summed E-state index contributed by atoms with van der Waals surface area (Å²) in [4.78, 5) is 10.7. The Morgan fingerprint density at radius 2 is 2.27 bits per heavy atom. The molecule has 0 aromatic rings. The second kappa shape index (κ2) is 4.00. The maximum Gasteiger partial charge on any atom is 0.317 e. The average molecular weight is 174 g/mol. The minimum Gasteiger partial charge on any atom is -0.450 e. The molecule has 0 spiro atoms. The molecule has 1 saturated heterocycles. The van der Waals surface area contributed by atoms with E-state index in [1.165, 1.54) is 0 Å². The third-order valence-corrected chi connectivity index (χ3v) is 3.26. The first-order valence-electron chi connectivity index (χ1n) is 4.09. The van der Waals surface area contributed by atoms with Crippen LogP contribution in [-0.4, -0.2) is 17.2 Å². The predicted molar refractivity (Wildman–Crippen MR) is 46.4 cm³/mol. The van der Waals surface area contributed by atoms with Crippen LogP contribution in [0.1, 0.15) is 26.7 Å². The third-order valence-electron chi connectivity index (χ3n) is 2.05. The van der Waals surface area contributed by atoms with Crippen LogP contribution in [0.25, 0.3) is 0 Å². The SMILES string of the molecule is CCC(CC)C1OC(=O)CS1. The molecule has 0 amide bonds. The van der Waals surface area contributed by atoms with E-state index < -0.39 is 0 Å². The monoisotopic (exact) mass is 174 g/mol. The third kappa shape index (κ3) is 2.12. The van der Waals surface area contributed by atoms with Gasteiger partial charge in [0.1, 0.15) is 0 Å². The fourth-order valence-corrected chi connectivity index (χ4v) is 2.45. The fraction of sp³-hybridized carbons (Fsp3) is 0.875. The molecule has 0 N–H and O–H groups in total. The molecule has 11 heavy (non-hydrogen) atoms. The minimum absolute atomic E-state index is 0.0492. The van der Waals surface area contributed by atoms with E-state index in [-0.39, 0.29) is 11.4 Å². The highest BCUT2D eigenvalue weighted by atomic mass is 32.2. The van der Waals surface area contributed by atoms with Crippen molar-refractivity contribution in [3.05, 3.63) is 0 Å². The molecule has 1 fully saturated rings. The lowest BCUT2D eigenvalue weighted by molar-refractivity contribution is -0.141. The summed E-state index contributed by atoms with van der Waals surface area (Å²) in [5.74, 6) is 1.04. The molecule has 1 rings (SSSR count). The Kier molecular flexibility index (Phi) is 3.24. The van der Waals surface area contributed by atoms with Crippen LogP contribution in [0.5, 0.6) is 0 Å². The van der Waals surface area contributed by atoms with E-state index in [9.17, 15) is 4.79 Å². The van der Waals surface area contributed by atoms with Crippen molar-refractivity contribution in [2.75, 3.05) is 5.75 Å². The van der Waals surface area contributed by atoms with Gasteiger partial charge in [0.2, 0.25) is 0 Å². The predicted octanol–water partition coefficient (Wildman–Crippen LogP) is 2.04. The van der Waals surface area contributed by atoms with Gasteiger partial charge >= 0.3 is 5.97 Å². The molecule has 0 radical (unpaired) electrons. The Balaban J connectivity index is 2.40. The molecule has 1 aliphatic rings. The molecular formula is C8H14O2S. The summed E-state index contributed by atoms with van der Waals surface area (Å²) in [6.07, 6.45) is 2.20. The first kappa shape index (κ1) is 8.91. The zero-order valence-corrected chi connectivity index (χ0v) is 7.82. The number of cyclic esters (lactones) is 1. The first-order valence-corrected chi connectivity index (χ1v) is 5.13. The summed E-state index contributed by atoms with van der Waals surface area (Å²) >= 11 is 1.64. The van der Waals surface area contributed by atoms with Crippen molar-refractivity contribution in [1.29, 1.82) is 0 Å². The highest BCUT2D eigenvalue weighted by Crippen LogP contribution is 2.30. The Hall–Kier alpha value is -0.180. The number of rotatable bonds is 3. The summed E-state index contributed by atoms with van der Waals surface area (Å²) in [6, 6.07) is 0. The van der Waals surface area contributed by atoms with Gasteiger partial charge in [0.05, 0.1) is 5.75 Å². The number of hydrogen-bond donors (Lipinski definition) is 0. The molecule has 1 atom stereocenters. The van der Waals surface area contributed by atoms with Gasteiger partial charge in [-0.3, -0.25) is 4.79 Å². The van der Waals surface area contributed by atoms with Gasteiger partial charge in [0, 0.05) is 5.92 Å². The molecule has 0 bridgehead atoms. The molecule has 0 aliphatic carbocycles. The number of carbonyl (C=O) groups excluding carboxylic acids is 1. The maximum absolute atomic E-state index is 10.7. The summed E-state index contributed by atoms with van der Waals surface area (Å²) in [5.41, 5.74) is 0.137. The van der Waals surface area contributed by atoms with Crippen LogP contribution in [0.3, 0.4) is 0 Å². The van der Waals surface area contributed by atoms with E-state index in [4.69, 9.17) is 4.74 Å². The van der Waals surface area contributed by atoms with E-state index in [0.717, 1.165) is 12.8 Å². The summed E-state index contributed by atoms with van der Waals surface area (Å²) in [5, 5.41) is 0. The number of ether oxygens (including phenoxy) is 1. The summed E-state index contributed by atoms with van der Waals surface area (Å²) in [7, 11) is 0. The largest absolute Gasteiger partial charge is 0.450 e. The number of esters is 1. The standard InChI is InChI=1S/C8H14O2S/c1-3-6(4-2)8-10-7(9)5-11-8/h6,8H,3-5H2,1-2H3. The highest BCUT2D eigenvalue weighted by Gasteiger charge is 2.29. The minimum atomic E-state index is -0.0492. The lowest BCUT2D eigenvalue weighted by Crippen LogP contribution is -2.16. The van der Waals surface area contributed by atoms with Crippen LogP contribution < -0.4 is 0 Å². The molecule has 1 aliphatic heterocycles. The van der Waals surface area contributed by atoms with Crippen molar-refractivity contribution in [3.8, 4) is 0 Å². The Bertz CT molecular complexity index is 143. The second-order valence-corrected chi connectivity index (χ2v) is 3.83. The van der Waals surface area contributed by atoms with Crippen molar-refractivity contribution in [2.45, 2.75) is 32.1 Å². The molecule has 64 valence electrons. The van der Waals surface area contributed by atoms with Crippen molar-refractivity contribution in [3.63, 3.8) is 0 Å². The molecular weight excluding hydrogens is 160 g/mol. The zero-order chi connectivity index (χ0) is 8.27. The van der Waals surface area contributed by atoms with Crippen molar-refractivity contribution < 1.29 is 9.53 Å². The van der Waals surface area contributed by atoms with E-state index in [1.807, 2.05) is 0 Å². The number of thioether (sulfide) groups is 1. The van der Waals surface area contributed by atoms with E-state index in [1.54, 1.807) is 11.8 Å². The Morgan fingerprint density at radius 1 is 1.64 bits per heavy atom. The molecule has 0 aromatic heterocycles. The Labute approximate surface area is 71.7 Å². The van der Waals surface area contributed by atoms with Crippen molar-refractivity contribution in [1.82, 2.24) is 0 Å². The smallest absolute Gasteiger partial charge is 0.317 e. The normalized spacial score (nSPS) is 24.3. The number of carbonyl (C=O) groups is 1. The quantitative estimate of drug-likeness (QED) is 0.612. The van der Waals surface area contributed by atoms with Gasteiger partial charge in [-0.2, -0.15) is 0 Å². The second-order valence-electron chi connectivity index (χ2n) is 2.75. The van der Waals surface area contributed by atoms with E-state index >= 15 is 0 Å². The van der Waals surface area contributed by atoms with Crippen LogP contribution in [0.4, 0.5) is 0 Å². The zero-order valence-electron chi connectivity index (χ0n) is 7.00. The topological polar surface area (TPSA) is 26.3 Å². The van der Waals surface area contributed by atoms with Gasteiger partial charge in [-0.1, -0.05) is 13.8 Å².